The Balaban J connectivity index is 2.32. The molecule has 0 heterocycles. The first-order valence-electron chi connectivity index (χ1n) is 7.74. The Bertz CT molecular complexity index is 435. The summed E-state index contributed by atoms with van der Waals surface area (Å²) < 4.78 is 6.72. The number of hydrogen-bond donors (Lipinski definition) is 1. The van der Waals surface area contributed by atoms with Crippen LogP contribution in [0.2, 0.25) is 0 Å². The fourth-order valence-electron chi connectivity index (χ4n) is 3.41. The molecule has 20 heavy (non-hydrogen) atoms. The van der Waals surface area contributed by atoms with E-state index in [1.807, 2.05) is 0 Å². The van der Waals surface area contributed by atoms with E-state index in [0.29, 0.717) is 12.0 Å². The molecular formula is C17H26BrNO. The molecule has 3 unspecified atom stereocenters. The van der Waals surface area contributed by atoms with E-state index in [1.54, 1.807) is 7.11 Å². The second-order valence-electron chi connectivity index (χ2n) is 5.89. The Morgan fingerprint density at radius 3 is 2.80 bits per heavy atom. The second-order valence-corrected chi connectivity index (χ2v) is 6.81. The maximum atomic E-state index is 5.60. The highest BCUT2D eigenvalue weighted by Gasteiger charge is 2.33. The van der Waals surface area contributed by atoms with Crippen molar-refractivity contribution in [3.05, 3.63) is 28.2 Å². The van der Waals surface area contributed by atoms with E-state index in [0.717, 1.165) is 29.1 Å². The first-order valence-corrected chi connectivity index (χ1v) is 8.53. The van der Waals surface area contributed by atoms with Crippen molar-refractivity contribution in [2.75, 3.05) is 13.7 Å². The molecule has 1 N–H and O–H groups in total. The third-order valence-corrected chi connectivity index (χ3v) is 4.99. The number of halogens is 1. The highest BCUT2D eigenvalue weighted by molar-refractivity contribution is 9.10. The van der Waals surface area contributed by atoms with Crippen LogP contribution in [0.25, 0.3) is 0 Å². The molecule has 0 radical (unpaired) electrons. The molecule has 1 aromatic rings. The number of rotatable bonds is 6. The largest absolute Gasteiger partial charge is 0.496 e. The summed E-state index contributed by atoms with van der Waals surface area (Å²) in [5, 5.41) is 3.76. The molecule has 1 aliphatic rings. The highest BCUT2D eigenvalue weighted by Crippen LogP contribution is 2.43. The molecular weight excluding hydrogens is 314 g/mol. The molecule has 2 rings (SSSR count). The van der Waals surface area contributed by atoms with Crippen molar-refractivity contribution in [3.63, 3.8) is 0 Å². The molecule has 0 bridgehead atoms. The van der Waals surface area contributed by atoms with Gasteiger partial charge in [-0.2, -0.15) is 0 Å². The van der Waals surface area contributed by atoms with Crippen LogP contribution in [0.4, 0.5) is 0 Å². The minimum Gasteiger partial charge on any atom is -0.496 e. The molecule has 112 valence electrons. The number of methoxy groups -OCH3 is 1. The summed E-state index contributed by atoms with van der Waals surface area (Å²) in [4.78, 5) is 0. The topological polar surface area (TPSA) is 21.3 Å². The SMILES string of the molecule is CCCNC(c1cc(Br)ccc1OC)C1CCCC1C. The number of benzene rings is 1. The van der Waals surface area contributed by atoms with Crippen LogP contribution >= 0.6 is 15.9 Å². The van der Waals surface area contributed by atoms with E-state index in [9.17, 15) is 0 Å². The lowest BCUT2D eigenvalue weighted by Gasteiger charge is -2.30. The van der Waals surface area contributed by atoms with Crippen LogP contribution in [-0.2, 0) is 0 Å². The summed E-state index contributed by atoms with van der Waals surface area (Å²) in [7, 11) is 1.77. The lowest BCUT2D eigenvalue weighted by Crippen LogP contribution is -2.30. The van der Waals surface area contributed by atoms with Gasteiger partial charge in [0.05, 0.1) is 7.11 Å². The molecule has 1 aliphatic carbocycles. The van der Waals surface area contributed by atoms with Crippen LogP contribution in [0.15, 0.2) is 22.7 Å². The molecule has 1 aromatic carbocycles. The van der Waals surface area contributed by atoms with E-state index in [1.165, 1.54) is 24.8 Å². The molecule has 0 saturated heterocycles. The molecule has 3 atom stereocenters. The van der Waals surface area contributed by atoms with E-state index in [4.69, 9.17) is 4.74 Å². The van der Waals surface area contributed by atoms with Gasteiger partial charge in [0, 0.05) is 16.1 Å². The van der Waals surface area contributed by atoms with Crippen LogP contribution in [0.3, 0.4) is 0 Å². The Hall–Kier alpha value is -0.540. The Kier molecular flexibility index (Phi) is 5.91. The third kappa shape index (κ3) is 3.56. The summed E-state index contributed by atoms with van der Waals surface area (Å²) in [5.41, 5.74) is 1.30. The summed E-state index contributed by atoms with van der Waals surface area (Å²) in [5.74, 6) is 2.50. The molecule has 0 aromatic heterocycles. The predicted molar refractivity (Wildman–Crippen MR) is 88.2 cm³/mol. The molecule has 3 heteroatoms. The fraction of sp³-hybridized carbons (Fsp3) is 0.647. The number of hydrogen-bond acceptors (Lipinski definition) is 2. The van der Waals surface area contributed by atoms with Crippen molar-refractivity contribution in [3.8, 4) is 5.75 Å². The van der Waals surface area contributed by atoms with Gasteiger partial charge in [-0.1, -0.05) is 42.6 Å². The van der Waals surface area contributed by atoms with Crippen LogP contribution in [0.5, 0.6) is 5.75 Å². The standard InChI is InChI=1S/C17H26BrNO/c1-4-10-19-17(14-7-5-6-12(14)2)15-11-13(18)8-9-16(15)20-3/h8-9,11-12,14,17,19H,4-7,10H2,1-3H3. The maximum absolute atomic E-state index is 5.60. The van der Waals surface area contributed by atoms with Crippen LogP contribution in [0, 0.1) is 11.8 Å². The van der Waals surface area contributed by atoms with Gasteiger partial charge in [0.25, 0.3) is 0 Å². The van der Waals surface area contributed by atoms with E-state index >= 15 is 0 Å². The minimum absolute atomic E-state index is 0.403. The third-order valence-electron chi connectivity index (χ3n) is 4.50. The zero-order chi connectivity index (χ0) is 14.5. The van der Waals surface area contributed by atoms with Gasteiger partial charge in [0.1, 0.15) is 5.75 Å². The average molecular weight is 340 g/mol. The van der Waals surface area contributed by atoms with Gasteiger partial charge >= 0.3 is 0 Å². The van der Waals surface area contributed by atoms with Gasteiger partial charge in [0.15, 0.2) is 0 Å². The minimum atomic E-state index is 0.403. The summed E-state index contributed by atoms with van der Waals surface area (Å²) >= 11 is 3.60. The van der Waals surface area contributed by atoms with Gasteiger partial charge in [-0.25, -0.2) is 0 Å². The molecule has 0 amide bonds. The summed E-state index contributed by atoms with van der Waals surface area (Å²) in [6.45, 7) is 5.67. The molecule has 0 aliphatic heterocycles. The van der Waals surface area contributed by atoms with Crippen LogP contribution in [0.1, 0.15) is 51.1 Å². The zero-order valence-corrected chi connectivity index (χ0v) is 14.4. The average Bonchev–Trinajstić information content (AvgIpc) is 2.86. The first kappa shape index (κ1) is 15.8. The molecule has 1 fully saturated rings. The smallest absolute Gasteiger partial charge is 0.123 e. The van der Waals surface area contributed by atoms with Crippen molar-refractivity contribution in [2.24, 2.45) is 11.8 Å². The van der Waals surface area contributed by atoms with Gasteiger partial charge < -0.3 is 10.1 Å². The quantitative estimate of drug-likeness (QED) is 0.792. The van der Waals surface area contributed by atoms with Crippen molar-refractivity contribution < 1.29 is 4.74 Å². The van der Waals surface area contributed by atoms with E-state index in [2.05, 4.69) is 53.3 Å². The van der Waals surface area contributed by atoms with Crippen molar-refractivity contribution >= 4 is 15.9 Å². The lowest BCUT2D eigenvalue weighted by molar-refractivity contribution is 0.292. The highest BCUT2D eigenvalue weighted by atomic mass is 79.9. The molecule has 2 nitrogen and oxygen atoms in total. The second kappa shape index (κ2) is 7.46. The summed E-state index contributed by atoms with van der Waals surface area (Å²) in [6.07, 6.45) is 5.18. The van der Waals surface area contributed by atoms with Crippen molar-refractivity contribution in [1.29, 1.82) is 0 Å². The molecule has 0 spiro atoms. The van der Waals surface area contributed by atoms with E-state index < -0.39 is 0 Å². The van der Waals surface area contributed by atoms with Gasteiger partial charge in [0.2, 0.25) is 0 Å². The number of ether oxygens (including phenoxy) is 1. The van der Waals surface area contributed by atoms with Gasteiger partial charge in [-0.3, -0.25) is 0 Å². The monoisotopic (exact) mass is 339 g/mol. The predicted octanol–water partition coefficient (Wildman–Crippen LogP) is 4.93. The van der Waals surface area contributed by atoms with E-state index in [-0.39, 0.29) is 0 Å². The van der Waals surface area contributed by atoms with Crippen molar-refractivity contribution in [1.82, 2.24) is 5.32 Å². The Morgan fingerprint density at radius 2 is 2.20 bits per heavy atom. The van der Waals surface area contributed by atoms with Crippen LogP contribution < -0.4 is 10.1 Å². The Morgan fingerprint density at radius 1 is 1.40 bits per heavy atom. The zero-order valence-electron chi connectivity index (χ0n) is 12.8. The normalized spacial score (nSPS) is 23.8. The first-order chi connectivity index (χ1) is 9.67. The lowest BCUT2D eigenvalue weighted by atomic mass is 9.85. The van der Waals surface area contributed by atoms with Gasteiger partial charge in [-0.15, -0.1) is 0 Å². The Labute approximate surface area is 131 Å². The maximum Gasteiger partial charge on any atom is 0.123 e. The van der Waals surface area contributed by atoms with Gasteiger partial charge in [-0.05, 0) is 49.4 Å². The fourth-order valence-corrected chi connectivity index (χ4v) is 3.79. The van der Waals surface area contributed by atoms with Crippen molar-refractivity contribution in [2.45, 2.75) is 45.6 Å². The van der Waals surface area contributed by atoms with Crippen LogP contribution in [-0.4, -0.2) is 13.7 Å². The number of nitrogens with one attached hydrogen (secondary N) is 1. The summed E-state index contributed by atoms with van der Waals surface area (Å²) in [6, 6.07) is 6.74. The molecule has 1 saturated carbocycles.